The Morgan fingerprint density at radius 2 is 1.72 bits per heavy atom. The molecule has 29 heavy (non-hydrogen) atoms. The highest BCUT2D eigenvalue weighted by molar-refractivity contribution is 5.79. The predicted octanol–water partition coefficient (Wildman–Crippen LogP) is 3.74. The molecule has 3 rings (SSSR count). The summed E-state index contributed by atoms with van der Waals surface area (Å²) in [4.78, 5) is 26.5. The number of carbonyl (C=O) groups is 2. The summed E-state index contributed by atoms with van der Waals surface area (Å²) in [6, 6.07) is 17.7. The highest BCUT2D eigenvalue weighted by Gasteiger charge is 2.26. The van der Waals surface area contributed by atoms with Crippen LogP contribution in [-0.2, 0) is 16.0 Å². The van der Waals surface area contributed by atoms with E-state index in [0.29, 0.717) is 5.92 Å². The monoisotopic (exact) mass is 394 g/mol. The number of ether oxygens (including phenoxy) is 1. The highest BCUT2D eigenvalue weighted by atomic mass is 16.5. The number of hydrogen-bond donors (Lipinski definition) is 1. The second-order valence-electron chi connectivity index (χ2n) is 7.74. The number of piperidine rings is 1. The van der Waals surface area contributed by atoms with Crippen LogP contribution >= 0.6 is 0 Å². The van der Waals surface area contributed by atoms with Crippen molar-refractivity contribution in [3.8, 4) is 5.75 Å². The number of methoxy groups -OCH3 is 1. The van der Waals surface area contributed by atoms with Crippen molar-refractivity contribution >= 4 is 11.8 Å². The Morgan fingerprint density at radius 1 is 1.07 bits per heavy atom. The van der Waals surface area contributed by atoms with Crippen LogP contribution in [0.2, 0.25) is 0 Å². The van der Waals surface area contributed by atoms with Gasteiger partial charge in [0.2, 0.25) is 11.8 Å². The summed E-state index contributed by atoms with van der Waals surface area (Å²) in [5, 5.41) is 2.92. The van der Waals surface area contributed by atoms with E-state index in [1.165, 1.54) is 12.5 Å². The van der Waals surface area contributed by atoms with Crippen molar-refractivity contribution < 1.29 is 14.3 Å². The summed E-state index contributed by atoms with van der Waals surface area (Å²) >= 11 is 0. The number of rotatable bonds is 7. The third kappa shape index (κ3) is 6.08. The predicted molar refractivity (Wildman–Crippen MR) is 114 cm³/mol. The van der Waals surface area contributed by atoms with Crippen molar-refractivity contribution in [2.45, 2.75) is 38.6 Å². The number of hydrogen-bond acceptors (Lipinski definition) is 3. The maximum Gasteiger partial charge on any atom is 0.224 e. The number of amides is 2. The third-order valence-corrected chi connectivity index (χ3v) is 5.61. The topological polar surface area (TPSA) is 58.6 Å². The van der Waals surface area contributed by atoms with Gasteiger partial charge in [-0.3, -0.25) is 9.59 Å². The van der Waals surface area contributed by atoms with Crippen molar-refractivity contribution in [1.82, 2.24) is 10.2 Å². The molecule has 0 saturated carbocycles. The van der Waals surface area contributed by atoms with E-state index in [0.717, 1.165) is 43.7 Å². The first-order chi connectivity index (χ1) is 14.0. The lowest BCUT2D eigenvalue weighted by Crippen LogP contribution is -2.41. The maximum atomic E-state index is 12.9. The molecular weight excluding hydrogens is 364 g/mol. The first-order valence-corrected chi connectivity index (χ1v) is 10.3. The molecule has 1 aliphatic rings. The van der Waals surface area contributed by atoms with E-state index in [9.17, 15) is 9.59 Å². The van der Waals surface area contributed by atoms with Gasteiger partial charge in [0.1, 0.15) is 5.75 Å². The lowest BCUT2D eigenvalue weighted by atomic mass is 9.90. The number of benzene rings is 2. The summed E-state index contributed by atoms with van der Waals surface area (Å²) in [5.74, 6) is 1.33. The van der Waals surface area contributed by atoms with E-state index in [1.54, 1.807) is 7.11 Å². The van der Waals surface area contributed by atoms with E-state index in [1.807, 2.05) is 35.2 Å². The van der Waals surface area contributed by atoms with Crippen LogP contribution in [0.15, 0.2) is 54.6 Å². The van der Waals surface area contributed by atoms with Gasteiger partial charge < -0.3 is 15.0 Å². The zero-order valence-electron chi connectivity index (χ0n) is 17.3. The second kappa shape index (κ2) is 10.1. The number of nitrogens with zero attached hydrogens (tertiary/aromatic N) is 1. The van der Waals surface area contributed by atoms with Gasteiger partial charge in [-0.1, -0.05) is 42.5 Å². The molecule has 1 unspecified atom stereocenters. The largest absolute Gasteiger partial charge is 0.497 e. The van der Waals surface area contributed by atoms with Gasteiger partial charge in [0, 0.05) is 20.0 Å². The standard InChI is InChI=1S/C24H30N2O3/c1-18(27)25-23(21-8-10-22(29-2)11-9-21)17-24(28)26-14-12-20(13-15-26)16-19-6-4-3-5-7-19/h3-11,20,23H,12-17H2,1-2H3,(H,25,27). The molecule has 0 bridgehead atoms. The average molecular weight is 395 g/mol. The van der Waals surface area contributed by atoms with Crippen LogP contribution in [0.5, 0.6) is 5.75 Å². The maximum absolute atomic E-state index is 12.9. The van der Waals surface area contributed by atoms with Crippen LogP contribution in [0.25, 0.3) is 0 Å². The molecule has 1 heterocycles. The van der Waals surface area contributed by atoms with Gasteiger partial charge in [-0.15, -0.1) is 0 Å². The van der Waals surface area contributed by atoms with Crippen molar-refractivity contribution in [1.29, 1.82) is 0 Å². The minimum atomic E-state index is -0.326. The highest BCUT2D eigenvalue weighted by Crippen LogP contribution is 2.25. The lowest BCUT2D eigenvalue weighted by molar-refractivity contribution is -0.133. The first kappa shape index (κ1) is 20.9. The average Bonchev–Trinajstić information content (AvgIpc) is 2.74. The van der Waals surface area contributed by atoms with Crippen molar-refractivity contribution in [2.75, 3.05) is 20.2 Å². The van der Waals surface area contributed by atoms with Crippen molar-refractivity contribution in [3.05, 3.63) is 65.7 Å². The smallest absolute Gasteiger partial charge is 0.224 e. The van der Waals surface area contributed by atoms with Gasteiger partial charge in [0.05, 0.1) is 19.6 Å². The Bertz CT molecular complexity index is 797. The van der Waals surface area contributed by atoms with Crippen molar-refractivity contribution in [3.63, 3.8) is 0 Å². The quantitative estimate of drug-likeness (QED) is 0.778. The Balaban J connectivity index is 1.56. The molecule has 154 valence electrons. The SMILES string of the molecule is COc1ccc(C(CC(=O)N2CCC(Cc3ccccc3)CC2)NC(C)=O)cc1. The number of carbonyl (C=O) groups excluding carboxylic acids is 2. The Labute approximate surface area is 173 Å². The summed E-state index contributed by atoms with van der Waals surface area (Å²) < 4.78 is 5.20. The molecule has 1 fully saturated rings. The third-order valence-electron chi connectivity index (χ3n) is 5.61. The number of likely N-dealkylation sites (tertiary alicyclic amines) is 1. The number of nitrogens with one attached hydrogen (secondary N) is 1. The Kier molecular flexibility index (Phi) is 7.28. The minimum Gasteiger partial charge on any atom is -0.497 e. The lowest BCUT2D eigenvalue weighted by Gasteiger charge is -2.33. The van der Waals surface area contributed by atoms with Gasteiger partial charge in [-0.05, 0) is 48.4 Å². The van der Waals surface area contributed by atoms with Crippen LogP contribution in [-0.4, -0.2) is 36.9 Å². The fourth-order valence-corrected chi connectivity index (χ4v) is 3.97. The van der Waals surface area contributed by atoms with E-state index >= 15 is 0 Å². The van der Waals surface area contributed by atoms with Gasteiger partial charge in [-0.2, -0.15) is 0 Å². The molecule has 1 aliphatic heterocycles. The van der Waals surface area contributed by atoms with Crippen LogP contribution in [0, 0.1) is 5.92 Å². The zero-order valence-corrected chi connectivity index (χ0v) is 17.3. The van der Waals surface area contributed by atoms with E-state index in [4.69, 9.17) is 4.74 Å². The summed E-state index contributed by atoms with van der Waals surface area (Å²) in [6.07, 6.45) is 3.39. The molecule has 2 aromatic carbocycles. The van der Waals surface area contributed by atoms with Crippen LogP contribution in [0.3, 0.4) is 0 Å². The molecule has 0 aromatic heterocycles. The Hall–Kier alpha value is -2.82. The van der Waals surface area contributed by atoms with Gasteiger partial charge in [0.25, 0.3) is 0 Å². The molecule has 2 aromatic rings. The van der Waals surface area contributed by atoms with Gasteiger partial charge in [-0.25, -0.2) is 0 Å². The van der Waals surface area contributed by atoms with Crippen molar-refractivity contribution in [2.24, 2.45) is 5.92 Å². The van der Waals surface area contributed by atoms with E-state index in [-0.39, 0.29) is 24.3 Å². The molecule has 0 radical (unpaired) electrons. The van der Waals surface area contributed by atoms with Crippen LogP contribution in [0.4, 0.5) is 0 Å². The van der Waals surface area contributed by atoms with Gasteiger partial charge in [0.15, 0.2) is 0 Å². The molecule has 5 heteroatoms. The van der Waals surface area contributed by atoms with E-state index in [2.05, 4.69) is 29.6 Å². The summed E-state index contributed by atoms with van der Waals surface area (Å²) in [6.45, 7) is 3.05. The van der Waals surface area contributed by atoms with E-state index < -0.39 is 0 Å². The molecule has 2 amide bonds. The molecule has 1 atom stereocenters. The minimum absolute atomic E-state index is 0.0951. The normalized spacial score (nSPS) is 15.6. The fraction of sp³-hybridized carbons (Fsp3) is 0.417. The summed E-state index contributed by atoms with van der Waals surface area (Å²) in [5.41, 5.74) is 2.27. The summed E-state index contributed by atoms with van der Waals surface area (Å²) in [7, 11) is 1.62. The first-order valence-electron chi connectivity index (χ1n) is 10.3. The zero-order chi connectivity index (χ0) is 20.6. The Morgan fingerprint density at radius 3 is 2.31 bits per heavy atom. The molecule has 5 nitrogen and oxygen atoms in total. The van der Waals surface area contributed by atoms with Gasteiger partial charge >= 0.3 is 0 Å². The van der Waals surface area contributed by atoms with Crippen LogP contribution in [0.1, 0.15) is 43.4 Å². The molecular formula is C24H30N2O3. The second-order valence-corrected chi connectivity index (χ2v) is 7.74. The van der Waals surface area contributed by atoms with Crippen LogP contribution < -0.4 is 10.1 Å². The fourth-order valence-electron chi connectivity index (χ4n) is 3.97. The molecule has 1 N–H and O–H groups in total. The molecule has 0 spiro atoms. The molecule has 0 aliphatic carbocycles. The molecule has 1 saturated heterocycles.